The van der Waals surface area contributed by atoms with Crippen LogP contribution in [0.5, 0.6) is 5.75 Å². The third-order valence-electron chi connectivity index (χ3n) is 4.51. The van der Waals surface area contributed by atoms with Crippen LogP contribution in [0, 0.1) is 0 Å². The van der Waals surface area contributed by atoms with Crippen molar-refractivity contribution in [2.75, 3.05) is 18.6 Å². The first-order valence-corrected chi connectivity index (χ1v) is 8.95. The number of ether oxygens (including phenoxy) is 1. The standard InChI is InChI=1S/C20H21ClN2O3/c1-26-18-5-3-2-4-14(18)12-13-22-20(25)17-10-11-19(24)23(17)16-8-6-15(21)7-9-16/h2-9,17H,10-13H2,1H3,(H,22,25). The molecule has 0 bridgehead atoms. The average Bonchev–Trinajstić information content (AvgIpc) is 3.04. The molecule has 1 N–H and O–H groups in total. The fourth-order valence-electron chi connectivity index (χ4n) is 3.21. The quantitative estimate of drug-likeness (QED) is 0.847. The van der Waals surface area contributed by atoms with Crippen LogP contribution < -0.4 is 15.0 Å². The predicted octanol–water partition coefficient (Wildman–Crippen LogP) is 3.20. The van der Waals surface area contributed by atoms with Crippen LogP contribution in [-0.2, 0) is 16.0 Å². The van der Waals surface area contributed by atoms with E-state index in [9.17, 15) is 9.59 Å². The number of para-hydroxylation sites is 1. The van der Waals surface area contributed by atoms with Gasteiger partial charge in [-0.15, -0.1) is 0 Å². The lowest BCUT2D eigenvalue weighted by molar-refractivity contribution is -0.123. The minimum Gasteiger partial charge on any atom is -0.496 e. The Labute approximate surface area is 157 Å². The molecule has 26 heavy (non-hydrogen) atoms. The van der Waals surface area contributed by atoms with E-state index in [1.807, 2.05) is 24.3 Å². The second kappa shape index (κ2) is 8.23. The molecule has 1 atom stereocenters. The number of rotatable bonds is 6. The van der Waals surface area contributed by atoms with Crippen LogP contribution in [0.1, 0.15) is 18.4 Å². The van der Waals surface area contributed by atoms with Crippen molar-refractivity contribution < 1.29 is 14.3 Å². The molecule has 0 aliphatic carbocycles. The molecule has 1 aliphatic heterocycles. The van der Waals surface area contributed by atoms with Gasteiger partial charge in [-0.25, -0.2) is 0 Å². The largest absolute Gasteiger partial charge is 0.496 e. The normalized spacial score (nSPS) is 16.6. The van der Waals surface area contributed by atoms with E-state index in [1.54, 1.807) is 36.3 Å². The van der Waals surface area contributed by atoms with Crippen LogP contribution in [0.4, 0.5) is 5.69 Å². The van der Waals surface area contributed by atoms with Crippen molar-refractivity contribution in [2.24, 2.45) is 0 Å². The number of hydrogen-bond acceptors (Lipinski definition) is 3. The Bertz CT molecular complexity index is 792. The number of nitrogens with zero attached hydrogens (tertiary/aromatic N) is 1. The van der Waals surface area contributed by atoms with E-state index in [0.717, 1.165) is 11.3 Å². The number of anilines is 1. The minimum atomic E-state index is -0.485. The first-order chi connectivity index (χ1) is 12.6. The highest BCUT2D eigenvalue weighted by Gasteiger charge is 2.36. The summed E-state index contributed by atoms with van der Waals surface area (Å²) in [5.74, 6) is 0.624. The third-order valence-corrected chi connectivity index (χ3v) is 4.76. The highest BCUT2D eigenvalue weighted by atomic mass is 35.5. The minimum absolute atomic E-state index is 0.0443. The Morgan fingerprint density at radius 2 is 1.96 bits per heavy atom. The molecule has 2 aromatic rings. The summed E-state index contributed by atoms with van der Waals surface area (Å²) in [4.78, 5) is 26.4. The lowest BCUT2D eigenvalue weighted by atomic mass is 10.1. The smallest absolute Gasteiger partial charge is 0.243 e. The maximum Gasteiger partial charge on any atom is 0.243 e. The van der Waals surface area contributed by atoms with Gasteiger partial charge in [-0.2, -0.15) is 0 Å². The predicted molar refractivity (Wildman–Crippen MR) is 102 cm³/mol. The van der Waals surface area contributed by atoms with Crippen molar-refractivity contribution in [3.05, 3.63) is 59.1 Å². The van der Waals surface area contributed by atoms with E-state index < -0.39 is 6.04 Å². The fourth-order valence-corrected chi connectivity index (χ4v) is 3.33. The average molecular weight is 373 g/mol. The van der Waals surface area contributed by atoms with E-state index >= 15 is 0 Å². The zero-order valence-corrected chi connectivity index (χ0v) is 15.3. The van der Waals surface area contributed by atoms with Gasteiger partial charge in [-0.05, 0) is 48.7 Å². The number of carbonyl (C=O) groups excluding carboxylic acids is 2. The first kappa shape index (κ1) is 18.3. The molecule has 5 nitrogen and oxygen atoms in total. The SMILES string of the molecule is COc1ccccc1CCNC(=O)C1CCC(=O)N1c1ccc(Cl)cc1. The zero-order chi connectivity index (χ0) is 18.5. The molecule has 0 saturated carbocycles. The van der Waals surface area contributed by atoms with Crippen LogP contribution in [0.2, 0.25) is 5.02 Å². The molecular weight excluding hydrogens is 352 g/mol. The van der Waals surface area contributed by atoms with Gasteiger partial charge in [0.15, 0.2) is 0 Å². The molecule has 1 heterocycles. The van der Waals surface area contributed by atoms with Crippen molar-refractivity contribution in [3.8, 4) is 5.75 Å². The van der Waals surface area contributed by atoms with E-state index in [4.69, 9.17) is 16.3 Å². The van der Waals surface area contributed by atoms with Crippen LogP contribution in [0.3, 0.4) is 0 Å². The summed E-state index contributed by atoms with van der Waals surface area (Å²) >= 11 is 5.91. The summed E-state index contributed by atoms with van der Waals surface area (Å²) in [5, 5.41) is 3.54. The zero-order valence-electron chi connectivity index (χ0n) is 14.6. The molecule has 2 amide bonds. The Hall–Kier alpha value is -2.53. The topological polar surface area (TPSA) is 58.6 Å². The van der Waals surface area contributed by atoms with Crippen molar-refractivity contribution in [1.29, 1.82) is 0 Å². The maximum absolute atomic E-state index is 12.6. The number of nitrogens with one attached hydrogen (secondary N) is 1. The molecule has 6 heteroatoms. The van der Waals surface area contributed by atoms with Gasteiger partial charge < -0.3 is 10.1 Å². The summed E-state index contributed by atoms with van der Waals surface area (Å²) in [6, 6.07) is 14.2. The molecular formula is C20H21ClN2O3. The van der Waals surface area contributed by atoms with E-state index in [0.29, 0.717) is 36.5 Å². The lowest BCUT2D eigenvalue weighted by Gasteiger charge is -2.24. The van der Waals surface area contributed by atoms with Gasteiger partial charge >= 0.3 is 0 Å². The van der Waals surface area contributed by atoms with Crippen LogP contribution in [0.15, 0.2) is 48.5 Å². The maximum atomic E-state index is 12.6. The third kappa shape index (κ3) is 3.99. The summed E-state index contributed by atoms with van der Waals surface area (Å²) in [6.45, 7) is 0.484. The van der Waals surface area contributed by atoms with Gasteiger partial charge in [0.2, 0.25) is 11.8 Å². The summed E-state index contributed by atoms with van der Waals surface area (Å²) in [6.07, 6.45) is 1.55. The summed E-state index contributed by atoms with van der Waals surface area (Å²) in [7, 11) is 1.63. The fraction of sp³-hybridized carbons (Fsp3) is 0.300. The monoisotopic (exact) mass is 372 g/mol. The molecule has 1 aliphatic rings. The highest BCUT2D eigenvalue weighted by Crippen LogP contribution is 2.28. The second-order valence-corrected chi connectivity index (χ2v) is 6.58. The van der Waals surface area contributed by atoms with Gasteiger partial charge in [-0.3, -0.25) is 14.5 Å². The van der Waals surface area contributed by atoms with Gasteiger partial charge in [0.05, 0.1) is 7.11 Å². The molecule has 3 rings (SSSR count). The Morgan fingerprint density at radius 3 is 2.69 bits per heavy atom. The molecule has 0 aromatic heterocycles. The molecule has 136 valence electrons. The molecule has 1 fully saturated rings. The van der Waals surface area contributed by atoms with Gasteiger partial charge in [0.25, 0.3) is 0 Å². The molecule has 0 spiro atoms. The van der Waals surface area contributed by atoms with Crippen molar-refractivity contribution in [3.63, 3.8) is 0 Å². The first-order valence-electron chi connectivity index (χ1n) is 8.57. The number of halogens is 1. The molecule has 0 radical (unpaired) electrons. The molecule has 1 saturated heterocycles. The number of benzene rings is 2. The lowest BCUT2D eigenvalue weighted by Crippen LogP contribution is -2.45. The Balaban J connectivity index is 1.63. The van der Waals surface area contributed by atoms with E-state index in [2.05, 4.69) is 5.32 Å². The van der Waals surface area contributed by atoms with Crippen molar-refractivity contribution >= 4 is 29.1 Å². The van der Waals surface area contributed by atoms with Gasteiger partial charge in [0.1, 0.15) is 11.8 Å². The summed E-state index contributed by atoms with van der Waals surface area (Å²) in [5.41, 5.74) is 1.73. The molecule has 2 aromatic carbocycles. The number of carbonyl (C=O) groups is 2. The number of amides is 2. The van der Waals surface area contributed by atoms with Crippen molar-refractivity contribution in [2.45, 2.75) is 25.3 Å². The number of methoxy groups -OCH3 is 1. The number of hydrogen-bond donors (Lipinski definition) is 1. The Kier molecular flexibility index (Phi) is 5.78. The van der Waals surface area contributed by atoms with Crippen LogP contribution in [0.25, 0.3) is 0 Å². The molecule has 1 unspecified atom stereocenters. The van der Waals surface area contributed by atoms with E-state index in [1.165, 1.54) is 0 Å². The van der Waals surface area contributed by atoms with Crippen LogP contribution >= 0.6 is 11.6 Å². The Morgan fingerprint density at radius 1 is 1.23 bits per heavy atom. The second-order valence-electron chi connectivity index (χ2n) is 6.15. The summed E-state index contributed by atoms with van der Waals surface area (Å²) < 4.78 is 5.32. The van der Waals surface area contributed by atoms with Crippen LogP contribution in [-0.4, -0.2) is 31.5 Å². The highest BCUT2D eigenvalue weighted by molar-refractivity contribution is 6.30. The van der Waals surface area contributed by atoms with Crippen molar-refractivity contribution in [1.82, 2.24) is 5.32 Å². The van der Waals surface area contributed by atoms with Gasteiger partial charge in [0, 0.05) is 23.7 Å². The van der Waals surface area contributed by atoms with Gasteiger partial charge in [-0.1, -0.05) is 29.8 Å². The van der Waals surface area contributed by atoms with E-state index in [-0.39, 0.29) is 11.8 Å².